The topological polar surface area (TPSA) is 60.8 Å². The first-order chi connectivity index (χ1) is 10.2. The number of nitrogens with zero attached hydrogens (tertiary/aromatic N) is 1. The van der Waals surface area contributed by atoms with Gasteiger partial charge in [-0.1, -0.05) is 18.2 Å². The second-order valence-corrected chi connectivity index (χ2v) is 6.94. The van der Waals surface area contributed by atoms with Crippen molar-refractivity contribution in [2.24, 2.45) is 0 Å². The number of hydrogen-bond acceptors (Lipinski definition) is 3. The molecule has 2 atom stereocenters. The van der Waals surface area contributed by atoms with Gasteiger partial charge in [0.15, 0.2) is 0 Å². The quantitative estimate of drug-likeness (QED) is 0.896. The van der Waals surface area contributed by atoms with E-state index in [1.807, 2.05) is 26.8 Å². The van der Waals surface area contributed by atoms with Gasteiger partial charge in [0.2, 0.25) is 5.91 Å². The summed E-state index contributed by atoms with van der Waals surface area (Å²) in [4.78, 5) is 13.7. The number of aliphatic hydroxyl groups excluding tert-OH is 1. The third kappa shape index (κ3) is 3.50. The molecular weight excluding hydrogens is 278 g/mol. The van der Waals surface area contributed by atoms with Crippen LogP contribution in [0.2, 0.25) is 0 Å². The van der Waals surface area contributed by atoms with Crippen molar-refractivity contribution in [1.29, 1.82) is 0 Å². The highest BCUT2D eigenvalue weighted by Crippen LogP contribution is 2.35. The fourth-order valence-electron chi connectivity index (χ4n) is 3.45. The van der Waals surface area contributed by atoms with Crippen molar-refractivity contribution in [3.63, 3.8) is 0 Å². The highest BCUT2D eigenvalue weighted by molar-refractivity contribution is 5.75. The zero-order chi connectivity index (χ0) is 16.5. The Labute approximate surface area is 132 Å². The number of carbonyl (C=O) groups is 1. The van der Waals surface area contributed by atoms with Crippen molar-refractivity contribution in [2.75, 3.05) is 6.61 Å². The first-order valence-corrected chi connectivity index (χ1v) is 7.97. The lowest BCUT2D eigenvalue weighted by Crippen LogP contribution is -2.47. The summed E-state index contributed by atoms with van der Waals surface area (Å²) < 4.78 is 0. The molecule has 4 nitrogen and oxygen atoms in total. The lowest BCUT2D eigenvalue weighted by molar-refractivity contribution is -0.135. The Morgan fingerprint density at radius 2 is 2.09 bits per heavy atom. The molecule has 1 aliphatic heterocycles. The van der Waals surface area contributed by atoms with Crippen LogP contribution in [-0.2, 0) is 17.6 Å². The number of carbonyl (C=O) groups excluding carboxylic acids is 1. The molecule has 0 aliphatic carbocycles. The van der Waals surface area contributed by atoms with Crippen molar-refractivity contribution in [3.8, 4) is 0 Å². The van der Waals surface area contributed by atoms with E-state index in [4.69, 9.17) is 0 Å². The number of aliphatic hydroxyl groups is 2. The van der Waals surface area contributed by atoms with Gasteiger partial charge in [-0.05, 0) is 56.7 Å². The normalized spacial score (nSPS) is 21.6. The molecule has 0 saturated carbocycles. The van der Waals surface area contributed by atoms with Crippen molar-refractivity contribution >= 4 is 5.91 Å². The van der Waals surface area contributed by atoms with Crippen LogP contribution in [0.3, 0.4) is 0 Å². The van der Waals surface area contributed by atoms with Gasteiger partial charge in [-0.3, -0.25) is 4.79 Å². The van der Waals surface area contributed by atoms with Crippen LogP contribution in [0, 0.1) is 0 Å². The van der Waals surface area contributed by atoms with Crippen LogP contribution in [0.4, 0.5) is 0 Å². The number of benzene rings is 1. The maximum atomic E-state index is 11.9. The number of hydrogen-bond donors (Lipinski definition) is 2. The number of fused-ring (bicyclic) bond motifs is 1. The minimum Gasteiger partial charge on any atom is -0.394 e. The first-order valence-electron chi connectivity index (χ1n) is 7.97. The molecule has 1 heterocycles. The molecule has 0 radical (unpaired) electrons. The minimum atomic E-state index is -0.690. The Morgan fingerprint density at radius 3 is 2.64 bits per heavy atom. The van der Waals surface area contributed by atoms with Gasteiger partial charge in [0.1, 0.15) is 0 Å². The van der Waals surface area contributed by atoms with Gasteiger partial charge in [0.05, 0.1) is 24.3 Å². The Kier molecular flexibility index (Phi) is 4.93. The predicted octanol–water partition coefficient (Wildman–Crippen LogP) is 2.22. The van der Waals surface area contributed by atoms with E-state index >= 15 is 0 Å². The molecule has 2 rings (SSSR count). The number of aryl methyl sites for hydroxylation is 1. The standard InChI is InChI=1S/C18H27NO3/c1-12-16-7-5-6-14(8-9-18(3,4)22)17(16)10-15(11-20)19(12)13(2)21/h5-7,12,15,20,22H,8-11H2,1-4H3/t12-,15+/m0/s1. The van der Waals surface area contributed by atoms with E-state index in [0.717, 1.165) is 12.0 Å². The molecule has 0 spiro atoms. The SMILES string of the molecule is CC(=O)N1[C@@H](CO)Cc2c(CCC(C)(C)O)cccc2[C@@H]1C. The zero-order valence-corrected chi connectivity index (χ0v) is 14.0. The molecule has 0 aromatic heterocycles. The van der Waals surface area contributed by atoms with Crippen LogP contribution >= 0.6 is 0 Å². The minimum absolute atomic E-state index is 0.000838. The average Bonchev–Trinajstić information content (AvgIpc) is 2.43. The van der Waals surface area contributed by atoms with Crippen LogP contribution < -0.4 is 0 Å². The average molecular weight is 305 g/mol. The van der Waals surface area contributed by atoms with E-state index < -0.39 is 5.60 Å². The molecule has 1 aromatic rings. The zero-order valence-electron chi connectivity index (χ0n) is 14.0. The van der Waals surface area contributed by atoms with Crippen molar-refractivity contribution in [1.82, 2.24) is 4.90 Å². The summed E-state index contributed by atoms with van der Waals surface area (Å²) in [6.45, 7) is 7.19. The molecule has 0 bridgehead atoms. The molecule has 0 unspecified atom stereocenters. The number of rotatable bonds is 4. The summed E-state index contributed by atoms with van der Waals surface area (Å²) in [5.41, 5.74) is 2.92. The Bertz CT molecular complexity index is 548. The van der Waals surface area contributed by atoms with E-state index in [1.165, 1.54) is 11.1 Å². The highest BCUT2D eigenvalue weighted by atomic mass is 16.3. The lowest BCUT2D eigenvalue weighted by Gasteiger charge is -2.41. The second-order valence-electron chi connectivity index (χ2n) is 6.94. The molecule has 2 N–H and O–H groups in total. The van der Waals surface area contributed by atoms with Gasteiger partial charge >= 0.3 is 0 Å². The van der Waals surface area contributed by atoms with Gasteiger partial charge < -0.3 is 15.1 Å². The van der Waals surface area contributed by atoms with Gasteiger partial charge in [-0.2, -0.15) is 0 Å². The maximum Gasteiger partial charge on any atom is 0.220 e. The van der Waals surface area contributed by atoms with E-state index in [1.54, 1.807) is 11.8 Å². The van der Waals surface area contributed by atoms with Crippen LogP contribution in [0.5, 0.6) is 0 Å². The van der Waals surface area contributed by atoms with E-state index in [2.05, 4.69) is 12.1 Å². The Balaban J connectivity index is 2.35. The molecule has 22 heavy (non-hydrogen) atoms. The largest absolute Gasteiger partial charge is 0.394 e. The van der Waals surface area contributed by atoms with E-state index in [0.29, 0.717) is 12.8 Å². The summed E-state index contributed by atoms with van der Waals surface area (Å²) in [5, 5.41) is 19.6. The lowest BCUT2D eigenvalue weighted by atomic mass is 9.84. The summed E-state index contributed by atoms with van der Waals surface area (Å²) in [7, 11) is 0. The van der Waals surface area contributed by atoms with Gasteiger partial charge in [0, 0.05) is 6.92 Å². The number of amides is 1. The monoisotopic (exact) mass is 305 g/mol. The Morgan fingerprint density at radius 1 is 1.41 bits per heavy atom. The molecule has 4 heteroatoms. The van der Waals surface area contributed by atoms with Crippen LogP contribution in [0.1, 0.15) is 56.8 Å². The van der Waals surface area contributed by atoms with Crippen LogP contribution in [0.15, 0.2) is 18.2 Å². The second kappa shape index (κ2) is 6.39. The molecule has 1 aliphatic rings. The van der Waals surface area contributed by atoms with Crippen LogP contribution in [0.25, 0.3) is 0 Å². The summed E-state index contributed by atoms with van der Waals surface area (Å²) in [6.07, 6.45) is 2.17. The molecule has 122 valence electrons. The van der Waals surface area contributed by atoms with Gasteiger partial charge in [-0.25, -0.2) is 0 Å². The molecule has 0 fully saturated rings. The van der Waals surface area contributed by atoms with Crippen LogP contribution in [-0.4, -0.2) is 39.3 Å². The first kappa shape index (κ1) is 17.0. The third-order valence-corrected chi connectivity index (χ3v) is 4.59. The predicted molar refractivity (Wildman–Crippen MR) is 86.6 cm³/mol. The smallest absolute Gasteiger partial charge is 0.220 e. The maximum absolute atomic E-state index is 11.9. The third-order valence-electron chi connectivity index (χ3n) is 4.59. The molecular formula is C18H27NO3. The van der Waals surface area contributed by atoms with Crippen molar-refractivity contribution in [3.05, 3.63) is 34.9 Å². The summed E-state index contributed by atoms with van der Waals surface area (Å²) >= 11 is 0. The van der Waals surface area contributed by atoms with E-state index in [-0.39, 0.29) is 24.6 Å². The fraction of sp³-hybridized carbons (Fsp3) is 0.611. The van der Waals surface area contributed by atoms with Gasteiger partial charge in [0.25, 0.3) is 0 Å². The molecule has 0 saturated heterocycles. The summed E-state index contributed by atoms with van der Waals surface area (Å²) in [6, 6.07) is 5.99. The van der Waals surface area contributed by atoms with Gasteiger partial charge in [-0.15, -0.1) is 0 Å². The van der Waals surface area contributed by atoms with E-state index in [9.17, 15) is 15.0 Å². The molecule has 1 amide bonds. The Hall–Kier alpha value is -1.39. The van der Waals surface area contributed by atoms with Crippen molar-refractivity contribution in [2.45, 2.75) is 64.6 Å². The summed E-state index contributed by atoms with van der Waals surface area (Å²) in [5.74, 6) is -0.000838. The fourth-order valence-corrected chi connectivity index (χ4v) is 3.45. The molecule has 1 aromatic carbocycles. The highest BCUT2D eigenvalue weighted by Gasteiger charge is 2.34. The van der Waals surface area contributed by atoms with Crippen molar-refractivity contribution < 1.29 is 15.0 Å².